The Labute approximate surface area is 166 Å². The van der Waals surface area contributed by atoms with Crippen LogP contribution in [0, 0.1) is 0 Å². The summed E-state index contributed by atoms with van der Waals surface area (Å²) in [7, 11) is -2.29. The van der Waals surface area contributed by atoms with E-state index in [4.69, 9.17) is 4.74 Å². The summed E-state index contributed by atoms with van der Waals surface area (Å²) in [5, 5.41) is 0. The molecule has 0 radical (unpaired) electrons. The van der Waals surface area contributed by atoms with Crippen LogP contribution in [0.2, 0.25) is 0 Å². The Morgan fingerprint density at radius 1 is 1.07 bits per heavy atom. The summed E-state index contributed by atoms with van der Waals surface area (Å²) in [6.07, 6.45) is 1.36. The molecule has 1 amide bonds. The van der Waals surface area contributed by atoms with Gasteiger partial charge >= 0.3 is 0 Å². The highest BCUT2D eigenvalue weighted by Crippen LogP contribution is 2.33. The van der Waals surface area contributed by atoms with E-state index < -0.39 is 10.0 Å². The summed E-state index contributed by atoms with van der Waals surface area (Å²) in [5.74, 6) is 0.522. The Morgan fingerprint density at radius 2 is 1.75 bits per heavy atom. The number of anilines is 2. The van der Waals surface area contributed by atoms with E-state index in [1.807, 2.05) is 6.07 Å². The maximum atomic E-state index is 12.9. The molecule has 0 spiro atoms. The molecule has 2 aromatic rings. The summed E-state index contributed by atoms with van der Waals surface area (Å²) in [6, 6.07) is 11.9. The minimum absolute atomic E-state index is 0.0671. The number of nitrogens with zero attached hydrogens (tertiary/aromatic N) is 1. The molecular weight excluding hydrogens is 376 g/mol. The Hall–Kier alpha value is -2.54. The molecular formula is C21H26N2O4S. The van der Waals surface area contributed by atoms with Gasteiger partial charge in [0.1, 0.15) is 5.75 Å². The second kappa shape index (κ2) is 7.47. The number of benzene rings is 2. The zero-order valence-electron chi connectivity index (χ0n) is 16.7. The van der Waals surface area contributed by atoms with E-state index in [1.54, 1.807) is 29.2 Å². The highest BCUT2D eigenvalue weighted by Gasteiger charge is 2.23. The van der Waals surface area contributed by atoms with Gasteiger partial charge in [0, 0.05) is 18.7 Å². The summed E-state index contributed by atoms with van der Waals surface area (Å²) < 4.78 is 33.7. The standard InChI is InChI=1S/C21H26N2O4S/c1-21(2,3)15-7-12-19(27-4)18(14-15)22-28(25,26)17-10-8-16(9-11-17)23-13-5-6-20(23)24/h7-12,14,22H,5-6,13H2,1-4H3. The van der Waals surface area contributed by atoms with Gasteiger partial charge in [0.2, 0.25) is 5.91 Å². The van der Waals surface area contributed by atoms with Crippen LogP contribution in [-0.2, 0) is 20.2 Å². The second-order valence-electron chi connectivity index (χ2n) is 7.91. The van der Waals surface area contributed by atoms with Crippen LogP contribution in [0.4, 0.5) is 11.4 Å². The maximum absolute atomic E-state index is 12.9. The largest absolute Gasteiger partial charge is 0.495 e. The lowest BCUT2D eigenvalue weighted by Crippen LogP contribution is -2.23. The molecule has 0 unspecified atom stereocenters. The normalized spacial score (nSPS) is 15.0. The maximum Gasteiger partial charge on any atom is 0.262 e. The topological polar surface area (TPSA) is 75.7 Å². The molecule has 150 valence electrons. The third kappa shape index (κ3) is 4.14. The number of hydrogen-bond acceptors (Lipinski definition) is 4. The molecule has 0 atom stereocenters. The van der Waals surface area contributed by atoms with Gasteiger partial charge in [0.05, 0.1) is 17.7 Å². The molecule has 0 saturated carbocycles. The minimum Gasteiger partial charge on any atom is -0.495 e. The molecule has 0 bridgehead atoms. The number of nitrogens with one attached hydrogen (secondary N) is 1. The van der Waals surface area contributed by atoms with Crippen molar-refractivity contribution < 1.29 is 17.9 Å². The quantitative estimate of drug-likeness (QED) is 0.822. The monoisotopic (exact) mass is 402 g/mol. The summed E-state index contributed by atoms with van der Waals surface area (Å²) in [4.78, 5) is 13.7. The van der Waals surface area contributed by atoms with Crippen molar-refractivity contribution in [3.63, 3.8) is 0 Å². The van der Waals surface area contributed by atoms with Gasteiger partial charge in [-0.2, -0.15) is 0 Å². The lowest BCUT2D eigenvalue weighted by Gasteiger charge is -2.21. The minimum atomic E-state index is -3.80. The molecule has 28 heavy (non-hydrogen) atoms. The van der Waals surface area contributed by atoms with Crippen molar-refractivity contribution in [2.24, 2.45) is 0 Å². The van der Waals surface area contributed by atoms with E-state index in [2.05, 4.69) is 25.5 Å². The Morgan fingerprint density at radius 3 is 2.29 bits per heavy atom. The predicted molar refractivity (Wildman–Crippen MR) is 111 cm³/mol. The van der Waals surface area contributed by atoms with Crippen molar-refractivity contribution in [2.45, 2.75) is 43.9 Å². The van der Waals surface area contributed by atoms with Gasteiger partial charge < -0.3 is 9.64 Å². The van der Waals surface area contributed by atoms with Crippen molar-refractivity contribution in [3.05, 3.63) is 48.0 Å². The van der Waals surface area contributed by atoms with Crippen molar-refractivity contribution >= 4 is 27.3 Å². The van der Waals surface area contributed by atoms with Crippen LogP contribution in [-0.4, -0.2) is 28.0 Å². The van der Waals surface area contributed by atoms with E-state index in [0.29, 0.717) is 30.1 Å². The van der Waals surface area contributed by atoms with Gasteiger partial charge in [-0.15, -0.1) is 0 Å². The van der Waals surface area contributed by atoms with Crippen LogP contribution in [0.1, 0.15) is 39.2 Å². The zero-order valence-corrected chi connectivity index (χ0v) is 17.5. The highest BCUT2D eigenvalue weighted by atomic mass is 32.2. The molecule has 1 fully saturated rings. The number of ether oxygens (including phenoxy) is 1. The number of sulfonamides is 1. The van der Waals surface area contributed by atoms with Crippen molar-refractivity contribution in [3.8, 4) is 5.75 Å². The lowest BCUT2D eigenvalue weighted by molar-refractivity contribution is -0.117. The molecule has 0 aliphatic carbocycles. The number of carbonyl (C=O) groups is 1. The fourth-order valence-electron chi connectivity index (χ4n) is 3.18. The third-order valence-electron chi connectivity index (χ3n) is 4.84. The molecule has 1 N–H and O–H groups in total. The zero-order chi connectivity index (χ0) is 20.5. The average Bonchev–Trinajstić information content (AvgIpc) is 3.06. The van der Waals surface area contributed by atoms with Crippen LogP contribution in [0.15, 0.2) is 47.4 Å². The molecule has 1 heterocycles. The lowest BCUT2D eigenvalue weighted by atomic mass is 9.87. The molecule has 1 saturated heterocycles. The molecule has 2 aromatic carbocycles. The van der Waals surface area contributed by atoms with Gasteiger partial charge in [-0.1, -0.05) is 26.8 Å². The van der Waals surface area contributed by atoms with Gasteiger partial charge in [-0.3, -0.25) is 9.52 Å². The molecule has 3 rings (SSSR count). The number of hydrogen-bond donors (Lipinski definition) is 1. The first-order valence-electron chi connectivity index (χ1n) is 9.23. The first-order valence-corrected chi connectivity index (χ1v) is 10.7. The van der Waals surface area contributed by atoms with Crippen molar-refractivity contribution in [1.82, 2.24) is 0 Å². The summed E-state index contributed by atoms with van der Waals surface area (Å²) >= 11 is 0. The van der Waals surface area contributed by atoms with Gasteiger partial charge in [0.15, 0.2) is 0 Å². The highest BCUT2D eigenvalue weighted by molar-refractivity contribution is 7.92. The van der Waals surface area contributed by atoms with Gasteiger partial charge in [-0.25, -0.2) is 8.42 Å². The van der Waals surface area contributed by atoms with E-state index in [1.165, 1.54) is 19.2 Å². The molecule has 6 nitrogen and oxygen atoms in total. The second-order valence-corrected chi connectivity index (χ2v) is 9.60. The van der Waals surface area contributed by atoms with Crippen LogP contribution in [0.25, 0.3) is 0 Å². The number of carbonyl (C=O) groups excluding carboxylic acids is 1. The van der Waals surface area contributed by atoms with Crippen LogP contribution >= 0.6 is 0 Å². The number of amides is 1. The first-order chi connectivity index (χ1) is 13.1. The number of methoxy groups -OCH3 is 1. The van der Waals surface area contributed by atoms with Crippen LogP contribution in [0.5, 0.6) is 5.75 Å². The van der Waals surface area contributed by atoms with Gasteiger partial charge in [-0.05, 0) is 53.8 Å². The van der Waals surface area contributed by atoms with Gasteiger partial charge in [0.25, 0.3) is 10.0 Å². The van der Waals surface area contributed by atoms with E-state index >= 15 is 0 Å². The summed E-state index contributed by atoms with van der Waals surface area (Å²) in [5.41, 5.74) is 1.98. The Bertz CT molecular complexity index is 976. The first kappa shape index (κ1) is 20.2. The SMILES string of the molecule is COc1ccc(C(C)(C)C)cc1NS(=O)(=O)c1ccc(N2CCCC2=O)cc1. The molecule has 7 heteroatoms. The third-order valence-corrected chi connectivity index (χ3v) is 6.22. The van der Waals surface area contributed by atoms with E-state index in [9.17, 15) is 13.2 Å². The number of rotatable bonds is 5. The fourth-order valence-corrected chi connectivity index (χ4v) is 4.25. The van der Waals surface area contributed by atoms with Crippen LogP contribution in [0.3, 0.4) is 0 Å². The van der Waals surface area contributed by atoms with Crippen molar-refractivity contribution in [1.29, 1.82) is 0 Å². The summed E-state index contributed by atoms with van der Waals surface area (Å²) in [6.45, 7) is 6.85. The molecule has 1 aliphatic heterocycles. The molecule has 1 aliphatic rings. The smallest absolute Gasteiger partial charge is 0.262 e. The van der Waals surface area contributed by atoms with Crippen molar-refractivity contribution in [2.75, 3.05) is 23.3 Å². The Balaban J connectivity index is 1.88. The Kier molecular flexibility index (Phi) is 5.39. The predicted octanol–water partition coefficient (Wildman–Crippen LogP) is 3.92. The fraction of sp³-hybridized carbons (Fsp3) is 0.381. The van der Waals surface area contributed by atoms with E-state index in [-0.39, 0.29) is 16.2 Å². The average molecular weight is 403 g/mol. The molecule has 0 aromatic heterocycles. The van der Waals surface area contributed by atoms with E-state index in [0.717, 1.165) is 12.0 Å². The van der Waals surface area contributed by atoms with Crippen LogP contribution < -0.4 is 14.4 Å².